The number of aryl methyl sites for hydroxylation is 1. The van der Waals surface area contributed by atoms with Gasteiger partial charge in [0.05, 0.1) is 13.7 Å². The van der Waals surface area contributed by atoms with Crippen LogP contribution in [0.4, 0.5) is 4.79 Å². The van der Waals surface area contributed by atoms with Gasteiger partial charge in [0, 0.05) is 12.0 Å². The second kappa shape index (κ2) is 10.6. The molecular weight excluding hydrogens is 330 g/mol. The Kier molecular flexibility index (Phi) is 7.75. The fourth-order valence-electron chi connectivity index (χ4n) is 2.23. The van der Waals surface area contributed by atoms with E-state index in [0.29, 0.717) is 12.8 Å². The molecule has 0 heterocycles. The van der Waals surface area contributed by atoms with Crippen LogP contribution in [-0.4, -0.2) is 25.7 Å². The first-order chi connectivity index (χ1) is 12.7. The van der Waals surface area contributed by atoms with Crippen LogP contribution in [0.5, 0.6) is 0 Å². The molecule has 0 aliphatic carbocycles. The molecular formula is C21H21NO4. The Labute approximate surface area is 153 Å². The van der Waals surface area contributed by atoms with Crippen LogP contribution in [0.15, 0.2) is 54.6 Å². The highest BCUT2D eigenvalue weighted by atomic mass is 16.5. The predicted molar refractivity (Wildman–Crippen MR) is 98.3 cm³/mol. The lowest BCUT2D eigenvalue weighted by molar-refractivity contribution is -0.140. The number of rotatable bonds is 6. The molecule has 134 valence electrons. The number of benzene rings is 2. The smallest absolute Gasteiger partial charge is 0.408 e. The molecule has 0 atom stereocenters. The van der Waals surface area contributed by atoms with E-state index >= 15 is 0 Å². The minimum Gasteiger partial charge on any atom is -0.469 e. The summed E-state index contributed by atoms with van der Waals surface area (Å²) in [5.74, 6) is 5.65. The number of esters is 1. The zero-order valence-electron chi connectivity index (χ0n) is 14.7. The zero-order chi connectivity index (χ0) is 18.6. The van der Waals surface area contributed by atoms with E-state index in [1.54, 1.807) is 0 Å². The number of carbonyl (C=O) groups excluding carboxylic acids is 2. The summed E-state index contributed by atoms with van der Waals surface area (Å²) in [5, 5.41) is 2.59. The Morgan fingerprint density at radius 1 is 1.04 bits per heavy atom. The molecule has 1 amide bonds. The van der Waals surface area contributed by atoms with E-state index in [2.05, 4.69) is 21.9 Å². The fourth-order valence-corrected chi connectivity index (χ4v) is 2.23. The van der Waals surface area contributed by atoms with Crippen molar-refractivity contribution in [1.29, 1.82) is 0 Å². The summed E-state index contributed by atoms with van der Waals surface area (Å²) in [6, 6.07) is 17.0. The fraction of sp³-hybridized carbons (Fsp3) is 0.238. The first-order valence-corrected chi connectivity index (χ1v) is 8.27. The maximum absolute atomic E-state index is 11.7. The van der Waals surface area contributed by atoms with Gasteiger partial charge in [-0.15, -0.1) is 0 Å². The molecule has 2 aromatic rings. The third-order valence-electron chi connectivity index (χ3n) is 3.60. The number of alkyl carbamates (subject to hydrolysis) is 1. The van der Waals surface area contributed by atoms with Gasteiger partial charge in [-0.3, -0.25) is 4.79 Å². The number of nitrogens with one attached hydrogen (secondary N) is 1. The molecule has 0 saturated carbocycles. The maximum Gasteiger partial charge on any atom is 0.408 e. The van der Waals surface area contributed by atoms with E-state index < -0.39 is 6.09 Å². The van der Waals surface area contributed by atoms with E-state index in [9.17, 15) is 9.59 Å². The molecule has 5 heteroatoms. The van der Waals surface area contributed by atoms with Crippen molar-refractivity contribution >= 4 is 12.1 Å². The predicted octanol–water partition coefficient (Wildman–Crippen LogP) is 3.07. The molecule has 0 radical (unpaired) electrons. The molecule has 0 bridgehead atoms. The number of methoxy groups -OCH3 is 1. The van der Waals surface area contributed by atoms with Gasteiger partial charge in [0.2, 0.25) is 0 Å². The molecule has 0 unspecified atom stereocenters. The summed E-state index contributed by atoms with van der Waals surface area (Å²) >= 11 is 0. The van der Waals surface area contributed by atoms with Crippen LogP contribution in [0.25, 0.3) is 0 Å². The van der Waals surface area contributed by atoms with Crippen LogP contribution >= 0.6 is 0 Å². The molecule has 0 aliphatic heterocycles. The van der Waals surface area contributed by atoms with Gasteiger partial charge in [-0.25, -0.2) is 4.79 Å². The van der Waals surface area contributed by atoms with E-state index in [1.165, 1.54) is 7.11 Å². The number of ether oxygens (including phenoxy) is 2. The van der Waals surface area contributed by atoms with E-state index in [-0.39, 0.29) is 19.1 Å². The summed E-state index contributed by atoms with van der Waals surface area (Å²) < 4.78 is 9.77. The second-order valence-corrected chi connectivity index (χ2v) is 5.45. The van der Waals surface area contributed by atoms with Crippen LogP contribution in [0.2, 0.25) is 0 Å². The lowest BCUT2D eigenvalue weighted by atomic mass is 10.0. The summed E-state index contributed by atoms with van der Waals surface area (Å²) in [6.07, 6.45) is 0.352. The van der Waals surface area contributed by atoms with Crippen molar-refractivity contribution in [2.75, 3.05) is 13.7 Å². The van der Waals surface area contributed by atoms with Crippen molar-refractivity contribution in [2.24, 2.45) is 0 Å². The van der Waals surface area contributed by atoms with Gasteiger partial charge in [0.25, 0.3) is 0 Å². The second-order valence-electron chi connectivity index (χ2n) is 5.45. The highest BCUT2D eigenvalue weighted by Gasteiger charge is 2.04. The van der Waals surface area contributed by atoms with Crippen molar-refractivity contribution in [3.8, 4) is 11.8 Å². The molecule has 0 saturated heterocycles. The van der Waals surface area contributed by atoms with Crippen LogP contribution in [0.3, 0.4) is 0 Å². The Balaban J connectivity index is 1.80. The van der Waals surface area contributed by atoms with Crippen molar-refractivity contribution in [3.63, 3.8) is 0 Å². The summed E-state index contributed by atoms with van der Waals surface area (Å²) in [7, 11) is 1.37. The van der Waals surface area contributed by atoms with Crippen molar-refractivity contribution in [1.82, 2.24) is 5.32 Å². The van der Waals surface area contributed by atoms with E-state index in [0.717, 1.165) is 16.7 Å². The van der Waals surface area contributed by atoms with Crippen LogP contribution in [0, 0.1) is 11.8 Å². The molecule has 2 rings (SSSR count). The van der Waals surface area contributed by atoms with Crippen molar-refractivity contribution in [2.45, 2.75) is 19.4 Å². The minimum atomic E-state index is -0.512. The number of carbonyl (C=O) groups is 2. The summed E-state index contributed by atoms with van der Waals surface area (Å²) in [5.41, 5.74) is 2.72. The Morgan fingerprint density at radius 3 is 2.54 bits per heavy atom. The van der Waals surface area contributed by atoms with E-state index in [1.807, 2.05) is 54.6 Å². The number of hydrogen-bond acceptors (Lipinski definition) is 4. The van der Waals surface area contributed by atoms with Crippen LogP contribution in [-0.2, 0) is 27.3 Å². The van der Waals surface area contributed by atoms with Gasteiger partial charge in [-0.2, -0.15) is 0 Å². The number of hydrogen-bond donors (Lipinski definition) is 1. The van der Waals surface area contributed by atoms with Crippen LogP contribution < -0.4 is 5.32 Å². The van der Waals surface area contributed by atoms with E-state index in [4.69, 9.17) is 4.74 Å². The molecule has 0 fully saturated rings. The Bertz CT molecular complexity index is 790. The lowest BCUT2D eigenvalue weighted by Crippen LogP contribution is -2.24. The zero-order valence-corrected chi connectivity index (χ0v) is 14.7. The highest BCUT2D eigenvalue weighted by molar-refractivity contribution is 5.69. The van der Waals surface area contributed by atoms with Gasteiger partial charge < -0.3 is 14.8 Å². The largest absolute Gasteiger partial charge is 0.469 e. The third kappa shape index (κ3) is 6.70. The topological polar surface area (TPSA) is 64.6 Å². The van der Waals surface area contributed by atoms with Crippen molar-refractivity contribution < 1.29 is 19.1 Å². The maximum atomic E-state index is 11.7. The summed E-state index contributed by atoms with van der Waals surface area (Å²) in [6.45, 7) is 0.398. The van der Waals surface area contributed by atoms with Gasteiger partial charge in [-0.05, 0) is 23.6 Å². The Hall–Kier alpha value is -3.26. The standard InChI is InChI=1S/C21H21NO4/c1-25-20(23)14-13-19-11-6-5-10-18(19)12-7-15-22-21(24)26-16-17-8-3-2-4-9-17/h2-6,8-11H,13-16H2,1H3,(H,22,24). The molecule has 26 heavy (non-hydrogen) atoms. The molecule has 1 N–H and O–H groups in total. The average molecular weight is 351 g/mol. The first kappa shape index (κ1) is 19.1. The molecule has 2 aromatic carbocycles. The Morgan fingerprint density at radius 2 is 1.77 bits per heavy atom. The number of amides is 1. The normalized spacial score (nSPS) is 9.58. The highest BCUT2D eigenvalue weighted by Crippen LogP contribution is 2.10. The third-order valence-corrected chi connectivity index (χ3v) is 3.60. The monoisotopic (exact) mass is 351 g/mol. The molecule has 5 nitrogen and oxygen atoms in total. The van der Waals surface area contributed by atoms with Crippen molar-refractivity contribution in [3.05, 3.63) is 71.3 Å². The molecule has 0 aromatic heterocycles. The van der Waals surface area contributed by atoms with Gasteiger partial charge >= 0.3 is 12.1 Å². The molecule has 0 aliphatic rings. The van der Waals surface area contributed by atoms with Gasteiger partial charge in [0.1, 0.15) is 6.61 Å². The molecule has 0 spiro atoms. The van der Waals surface area contributed by atoms with Gasteiger partial charge in [-0.1, -0.05) is 60.4 Å². The van der Waals surface area contributed by atoms with Crippen LogP contribution in [0.1, 0.15) is 23.1 Å². The van der Waals surface area contributed by atoms with Gasteiger partial charge in [0.15, 0.2) is 0 Å². The lowest BCUT2D eigenvalue weighted by Gasteiger charge is -2.05. The summed E-state index contributed by atoms with van der Waals surface area (Å²) in [4.78, 5) is 22.9. The SMILES string of the molecule is COC(=O)CCc1ccccc1C#CCNC(=O)OCc1ccccc1. The first-order valence-electron chi connectivity index (χ1n) is 8.27. The quantitative estimate of drug-likeness (QED) is 0.642. The average Bonchev–Trinajstić information content (AvgIpc) is 2.69. The minimum absolute atomic E-state index is 0.180.